The summed E-state index contributed by atoms with van der Waals surface area (Å²) >= 11 is -1.58. The van der Waals surface area contributed by atoms with Crippen molar-refractivity contribution in [1.82, 2.24) is 0 Å². The molecule has 0 aliphatic carbocycles. The van der Waals surface area contributed by atoms with E-state index in [9.17, 15) is 26.3 Å². The van der Waals surface area contributed by atoms with Crippen molar-refractivity contribution < 1.29 is 30.5 Å². The molecule has 0 fully saturated rings. The minimum Gasteiger partial charge on any atom is -0.211 e. The number of halogens is 6. The van der Waals surface area contributed by atoms with Gasteiger partial charge in [0.1, 0.15) is 12.0 Å². The van der Waals surface area contributed by atoms with Gasteiger partial charge in [-0.1, -0.05) is 0 Å². The zero-order valence-corrected chi connectivity index (χ0v) is 4.90. The summed E-state index contributed by atoms with van der Waals surface area (Å²) in [6.07, 6.45) is -5.25. The van der Waals surface area contributed by atoms with E-state index in [1.165, 1.54) is 0 Å². The quantitative estimate of drug-likeness (QED) is 0.460. The molecule has 0 heterocycles. The molecule has 0 saturated heterocycles. The van der Waals surface area contributed by atoms with Gasteiger partial charge in [-0.05, 0) is 0 Å². The molecule has 0 rings (SSSR count). The van der Waals surface area contributed by atoms with Gasteiger partial charge in [0.2, 0.25) is 0 Å². The molecule has 0 aromatic heterocycles. The van der Waals surface area contributed by atoms with Crippen LogP contribution in [0.25, 0.3) is 0 Å². The molecule has 0 aliphatic rings. The summed E-state index contributed by atoms with van der Waals surface area (Å²) in [5.41, 5.74) is -5.02. The highest BCUT2D eigenvalue weighted by atomic mass is 32.2. The Bertz CT molecular complexity index is 89.3. The van der Waals surface area contributed by atoms with Gasteiger partial charge in [-0.15, -0.1) is 13.2 Å². The third-order valence-electron chi connectivity index (χ3n) is 0.231. The molecule has 62 valence electrons. The first-order valence-electron chi connectivity index (χ1n) is 1.71. The Kier molecular flexibility index (Phi) is 2.84. The van der Waals surface area contributed by atoms with Gasteiger partial charge in [-0.25, -0.2) is 4.18 Å². The van der Waals surface area contributed by atoms with Crippen LogP contribution < -0.4 is 0 Å². The highest BCUT2D eigenvalue weighted by Crippen LogP contribution is 2.36. The molecule has 0 saturated carbocycles. The minimum atomic E-state index is -5.25. The van der Waals surface area contributed by atoms with Crippen molar-refractivity contribution in [3.8, 4) is 0 Å². The van der Waals surface area contributed by atoms with E-state index in [4.69, 9.17) is 0 Å². The Labute approximate surface area is 55.5 Å². The summed E-state index contributed by atoms with van der Waals surface area (Å²) in [7, 11) is 0. The Morgan fingerprint density at radius 1 is 0.900 bits per heavy atom. The Morgan fingerprint density at radius 3 is 1.40 bits per heavy atom. The summed E-state index contributed by atoms with van der Waals surface area (Å²) in [5.74, 6) is 0. The maximum atomic E-state index is 10.9. The Balaban J connectivity index is 3.56. The predicted molar refractivity (Wildman–Crippen MR) is 20.8 cm³/mol. The van der Waals surface area contributed by atoms with Gasteiger partial charge in [0.25, 0.3) is 0 Å². The standard InChI is InChI=1S/C2F6OS/c3-1(4,5)9-10-2(6,7)8. The molecule has 0 unspecified atom stereocenters. The van der Waals surface area contributed by atoms with E-state index in [0.717, 1.165) is 0 Å². The lowest BCUT2D eigenvalue weighted by Crippen LogP contribution is -2.12. The van der Waals surface area contributed by atoms with Gasteiger partial charge < -0.3 is 0 Å². The van der Waals surface area contributed by atoms with E-state index in [1.807, 2.05) is 0 Å². The molecule has 0 aromatic carbocycles. The Hall–Kier alpha value is -0.110. The smallest absolute Gasteiger partial charge is 0.211 e. The van der Waals surface area contributed by atoms with E-state index in [-0.39, 0.29) is 0 Å². The number of hydrogen-bond donors (Lipinski definition) is 0. The molecule has 0 radical (unpaired) electrons. The van der Waals surface area contributed by atoms with E-state index < -0.39 is 23.9 Å². The van der Waals surface area contributed by atoms with E-state index in [0.29, 0.717) is 0 Å². The van der Waals surface area contributed by atoms with Crippen LogP contribution in [0.5, 0.6) is 0 Å². The van der Waals surface area contributed by atoms with Gasteiger partial charge >= 0.3 is 11.9 Å². The molecule has 10 heavy (non-hydrogen) atoms. The number of alkyl halides is 6. The second kappa shape index (κ2) is 2.87. The van der Waals surface area contributed by atoms with Gasteiger partial charge in [-0.3, -0.25) is 0 Å². The lowest BCUT2D eigenvalue weighted by atomic mass is 11.4. The summed E-state index contributed by atoms with van der Waals surface area (Å²) in [6, 6.07) is 0. The van der Waals surface area contributed by atoms with Gasteiger partial charge in [-0.2, -0.15) is 13.2 Å². The molecule has 0 atom stereocenters. The zero-order valence-electron chi connectivity index (χ0n) is 4.08. The minimum absolute atomic E-state index is 1.58. The SMILES string of the molecule is FC(F)(F)OSC(F)(F)F. The van der Waals surface area contributed by atoms with Crippen LogP contribution in [0, 0.1) is 0 Å². The van der Waals surface area contributed by atoms with Crippen LogP contribution in [-0.4, -0.2) is 11.9 Å². The number of rotatable bonds is 1. The predicted octanol–water partition coefficient (Wildman–Crippen LogP) is 2.69. The largest absolute Gasteiger partial charge is 0.533 e. The van der Waals surface area contributed by atoms with Crippen molar-refractivity contribution in [2.75, 3.05) is 0 Å². The van der Waals surface area contributed by atoms with Crippen LogP contribution in [0.15, 0.2) is 0 Å². The lowest BCUT2D eigenvalue weighted by molar-refractivity contribution is -0.270. The van der Waals surface area contributed by atoms with Crippen LogP contribution in [0.4, 0.5) is 26.3 Å². The van der Waals surface area contributed by atoms with Crippen molar-refractivity contribution >= 4 is 12.0 Å². The molecule has 8 heteroatoms. The maximum Gasteiger partial charge on any atom is 0.533 e. The molecule has 0 spiro atoms. The van der Waals surface area contributed by atoms with Gasteiger partial charge in [0, 0.05) is 0 Å². The summed E-state index contributed by atoms with van der Waals surface area (Å²) in [4.78, 5) is 0. The highest BCUT2D eigenvalue weighted by molar-refractivity contribution is 7.95. The van der Waals surface area contributed by atoms with Crippen molar-refractivity contribution in [2.45, 2.75) is 11.9 Å². The van der Waals surface area contributed by atoms with Crippen molar-refractivity contribution in [2.24, 2.45) is 0 Å². The van der Waals surface area contributed by atoms with Crippen molar-refractivity contribution in [3.63, 3.8) is 0 Å². The topological polar surface area (TPSA) is 9.23 Å². The van der Waals surface area contributed by atoms with Crippen LogP contribution in [0.1, 0.15) is 0 Å². The molecule has 0 aromatic rings. The normalized spacial score (nSPS) is 13.8. The van der Waals surface area contributed by atoms with E-state index in [1.54, 1.807) is 0 Å². The first kappa shape index (κ1) is 9.89. The van der Waals surface area contributed by atoms with Crippen molar-refractivity contribution in [1.29, 1.82) is 0 Å². The average Bonchev–Trinajstić information content (AvgIpc) is 1.57. The fourth-order valence-electron chi connectivity index (χ4n) is 0.0945. The fourth-order valence-corrected chi connectivity index (χ4v) is 0.283. The fraction of sp³-hybridized carbons (Fsp3) is 1.00. The van der Waals surface area contributed by atoms with Crippen LogP contribution >= 0.6 is 12.0 Å². The first-order valence-corrected chi connectivity index (χ1v) is 2.45. The van der Waals surface area contributed by atoms with Crippen LogP contribution in [0.3, 0.4) is 0 Å². The van der Waals surface area contributed by atoms with E-state index in [2.05, 4.69) is 4.18 Å². The van der Waals surface area contributed by atoms with Gasteiger partial charge in [0.15, 0.2) is 0 Å². The molecular weight excluding hydrogens is 186 g/mol. The van der Waals surface area contributed by atoms with Gasteiger partial charge in [0.05, 0.1) is 0 Å². The third-order valence-corrected chi connectivity index (χ3v) is 0.692. The lowest BCUT2D eigenvalue weighted by Gasteiger charge is -2.06. The Morgan fingerprint density at radius 2 is 1.30 bits per heavy atom. The second-order valence-corrected chi connectivity index (χ2v) is 1.85. The van der Waals surface area contributed by atoms with Crippen LogP contribution in [0.2, 0.25) is 0 Å². The molecule has 1 nitrogen and oxygen atoms in total. The third kappa shape index (κ3) is 7.89. The van der Waals surface area contributed by atoms with Crippen molar-refractivity contribution in [3.05, 3.63) is 0 Å². The van der Waals surface area contributed by atoms with E-state index >= 15 is 0 Å². The zero-order chi connectivity index (χ0) is 8.41. The molecule has 0 amide bonds. The molecule has 0 N–H and O–H groups in total. The summed E-state index contributed by atoms with van der Waals surface area (Å²) in [5, 5.41) is 0. The molecule has 0 aliphatic heterocycles. The molecule has 0 bridgehead atoms. The number of hydrogen-bond acceptors (Lipinski definition) is 2. The first-order chi connectivity index (χ1) is 4.21. The summed E-state index contributed by atoms with van der Waals surface area (Å²) < 4.78 is 67.7. The average molecular weight is 186 g/mol. The highest BCUT2D eigenvalue weighted by Gasteiger charge is 2.39. The summed E-state index contributed by atoms with van der Waals surface area (Å²) in [6.45, 7) is 0. The second-order valence-electron chi connectivity index (χ2n) is 1.06. The van der Waals surface area contributed by atoms with Crippen LogP contribution in [-0.2, 0) is 4.18 Å². The monoisotopic (exact) mass is 186 g/mol. The maximum absolute atomic E-state index is 10.9. The molecular formula is C2F6OS.